The zero-order valence-corrected chi connectivity index (χ0v) is 7.46. The molecule has 4 nitrogen and oxygen atoms in total. The highest BCUT2D eigenvalue weighted by atomic mass is 16.2. The van der Waals surface area contributed by atoms with Crippen LogP contribution in [0, 0.1) is 0 Å². The first-order valence-electron chi connectivity index (χ1n) is 4.24. The standard InChI is InChI=1S/C8H14N2O2/c1-3-7(11)10-5-4-9-8(12)6(10)2/h6H,3-5H2,1-2H3,(H,9,12). The molecule has 1 aliphatic rings. The van der Waals surface area contributed by atoms with Gasteiger partial charge in [0.15, 0.2) is 0 Å². The first-order valence-corrected chi connectivity index (χ1v) is 4.24. The lowest BCUT2D eigenvalue weighted by molar-refractivity contribution is -0.142. The molecule has 0 aliphatic carbocycles. The molecule has 0 aromatic rings. The van der Waals surface area contributed by atoms with Crippen LogP contribution in [0.5, 0.6) is 0 Å². The average Bonchev–Trinajstić information content (AvgIpc) is 2.08. The molecule has 1 saturated heterocycles. The van der Waals surface area contributed by atoms with Gasteiger partial charge in [0.25, 0.3) is 0 Å². The van der Waals surface area contributed by atoms with Gasteiger partial charge in [-0.25, -0.2) is 0 Å². The summed E-state index contributed by atoms with van der Waals surface area (Å²) in [7, 11) is 0. The average molecular weight is 170 g/mol. The normalized spacial score (nSPS) is 23.7. The molecule has 0 aromatic heterocycles. The monoisotopic (exact) mass is 170 g/mol. The molecule has 0 bridgehead atoms. The van der Waals surface area contributed by atoms with Gasteiger partial charge in [0, 0.05) is 19.5 Å². The lowest BCUT2D eigenvalue weighted by Gasteiger charge is -2.32. The van der Waals surface area contributed by atoms with Crippen molar-refractivity contribution in [1.82, 2.24) is 10.2 Å². The van der Waals surface area contributed by atoms with Crippen molar-refractivity contribution in [3.8, 4) is 0 Å². The Morgan fingerprint density at radius 1 is 1.75 bits per heavy atom. The fraction of sp³-hybridized carbons (Fsp3) is 0.750. The molecule has 1 aliphatic heterocycles. The molecule has 0 spiro atoms. The highest BCUT2D eigenvalue weighted by molar-refractivity contribution is 5.88. The first-order chi connectivity index (χ1) is 5.66. The van der Waals surface area contributed by atoms with Crippen molar-refractivity contribution in [1.29, 1.82) is 0 Å². The molecule has 1 atom stereocenters. The number of piperazine rings is 1. The van der Waals surface area contributed by atoms with Crippen LogP contribution in [0.1, 0.15) is 20.3 Å². The van der Waals surface area contributed by atoms with Gasteiger partial charge >= 0.3 is 0 Å². The smallest absolute Gasteiger partial charge is 0.242 e. The van der Waals surface area contributed by atoms with E-state index in [-0.39, 0.29) is 17.9 Å². The molecule has 1 fully saturated rings. The predicted molar refractivity (Wildman–Crippen MR) is 44.5 cm³/mol. The minimum atomic E-state index is -0.300. The van der Waals surface area contributed by atoms with Gasteiger partial charge in [0.2, 0.25) is 11.8 Å². The third kappa shape index (κ3) is 1.57. The number of carbonyl (C=O) groups is 2. The summed E-state index contributed by atoms with van der Waals surface area (Å²) in [4.78, 5) is 24.0. The Kier molecular flexibility index (Phi) is 2.68. The Labute approximate surface area is 71.9 Å². The van der Waals surface area contributed by atoms with Crippen LogP contribution in [0.3, 0.4) is 0 Å². The number of nitrogens with zero attached hydrogens (tertiary/aromatic N) is 1. The molecule has 1 rings (SSSR count). The minimum Gasteiger partial charge on any atom is -0.353 e. The van der Waals surface area contributed by atoms with Crippen molar-refractivity contribution in [2.75, 3.05) is 13.1 Å². The Hall–Kier alpha value is -1.06. The molecule has 0 saturated carbocycles. The lowest BCUT2D eigenvalue weighted by atomic mass is 10.2. The van der Waals surface area contributed by atoms with Gasteiger partial charge in [-0.3, -0.25) is 9.59 Å². The van der Waals surface area contributed by atoms with Crippen LogP contribution >= 0.6 is 0 Å². The van der Waals surface area contributed by atoms with Crippen LogP contribution in [0.2, 0.25) is 0 Å². The summed E-state index contributed by atoms with van der Waals surface area (Å²) in [5, 5.41) is 2.71. The second-order valence-electron chi connectivity index (χ2n) is 2.91. The van der Waals surface area contributed by atoms with Gasteiger partial charge in [0.05, 0.1) is 0 Å². The summed E-state index contributed by atoms with van der Waals surface area (Å²) in [5.74, 6) is 0.000370. The van der Waals surface area contributed by atoms with Crippen LogP contribution in [-0.4, -0.2) is 35.8 Å². The zero-order chi connectivity index (χ0) is 9.14. The van der Waals surface area contributed by atoms with Crippen molar-refractivity contribution in [2.45, 2.75) is 26.3 Å². The van der Waals surface area contributed by atoms with Gasteiger partial charge in [-0.05, 0) is 6.92 Å². The number of amides is 2. The summed E-state index contributed by atoms with van der Waals surface area (Å²) in [5.41, 5.74) is 0. The zero-order valence-electron chi connectivity index (χ0n) is 7.46. The summed E-state index contributed by atoms with van der Waals surface area (Å²) in [6.45, 7) is 4.78. The number of rotatable bonds is 1. The van der Waals surface area contributed by atoms with E-state index in [0.717, 1.165) is 0 Å². The highest BCUT2D eigenvalue weighted by Crippen LogP contribution is 2.05. The topological polar surface area (TPSA) is 49.4 Å². The molecular weight excluding hydrogens is 156 g/mol. The van der Waals surface area contributed by atoms with Crippen molar-refractivity contribution in [3.63, 3.8) is 0 Å². The minimum absolute atomic E-state index is 0.0527. The van der Waals surface area contributed by atoms with E-state index in [4.69, 9.17) is 0 Å². The van der Waals surface area contributed by atoms with Crippen LogP contribution in [0.25, 0.3) is 0 Å². The quantitative estimate of drug-likeness (QED) is 0.589. The number of nitrogens with one attached hydrogen (secondary N) is 1. The molecule has 0 radical (unpaired) electrons. The van der Waals surface area contributed by atoms with E-state index in [2.05, 4.69) is 5.32 Å². The van der Waals surface area contributed by atoms with Crippen LogP contribution in [-0.2, 0) is 9.59 Å². The molecule has 1 unspecified atom stereocenters. The van der Waals surface area contributed by atoms with E-state index in [1.165, 1.54) is 0 Å². The second kappa shape index (κ2) is 3.56. The van der Waals surface area contributed by atoms with E-state index < -0.39 is 0 Å². The fourth-order valence-electron chi connectivity index (χ4n) is 1.33. The Morgan fingerprint density at radius 3 is 3.00 bits per heavy atom. The number of hydrogen-bond acceptors (Lipinski definition) is 2. The molecule has 12 heavy (non-hydrogen) atoms. The molecule has 1 heterocycles. The Bertz CT molecular complexity index is 203. The van der Waals surface area contributed by atoms with Gasteiger partial charge in [-0.2, -0.15) is 0 Å². The Morgan fingerprint density at radius 2 is 2.42 bits per heavy atom. The largest absolute Gasteiger partial charge is 0.353 e. The summed E-state index contributed by atoms with van der Waals surface area (Å²) in [6, 6.07) is -0.300. The maximum atomic E-state index is 11.3. The van der Waals surface area contributed by atoms with E-state index in [1.807, 2.05) is 6.92 Å². The van der Waals surface area contributed by atoms with Gasteiger partial charge in [-0.15, -0.1) is 0 Å². The van der Waals surface area contributed by atoms with E-state index in [9.17, 15) is 9.59 Å². The van der Waals surface area contributed by atoms with Crippen molar-refractivity contribution >= 4 is 11.8 Å². The molecule has 2 amide bonds. The summed E-state index contributed by atoms with van der Waals surface area (Å²) >= 11 is 0. The van der Waals surface area contributed by atoms with Crippen LogP contribution < -0.4 is 5.32 Å². The molecular formula is C8H14N2O2. The first kappa shape index (κ1) is 9.03. The number of hydrogen-bond donors (Lipinski definition) is 1. The fourth-order valence-corrected chi connectivity index (χ4v) is 1.33. The molecule has 0 aromatic carbocycles. The predicted octanol–water partition coefficient (Wildman–Crippen LogP) is -0.257. The van der Waals surface area contributed by atoms with Crippen molar-refractivity contribution in [3.05, 3.63) is 0 Å². The van der Waals surface area contributed by atoms with Crippen LogP contribution in [0.15, 0.2) is 0 Å². The maximum Gasteiger partial charge on any atom is 0.242 e. The van der Waals surface area contributed by atoms with Crippen molar-refractivity contribution < 1.29 is 9.59 Å². The SMILES string of the molecule is CCC(=O)N1CCNC(=O)C1C. The second-order valence-corrected chi connectivity index (χ2v) is 2.91. The third-order valence-electron chi connectivity index (χ3n) is 2.12. The van der Waals surface area contributed by atoms with E-state index in [0.29, 0.717) is 19.5 Å². The van der Waals surface area contributed by atoms with Gasteiger partial charge < -0.3 is 10.2 Å². The lowest BCUT2D eigenvalue weighted by Crippen LogP contribution is -2.55. The maximum absolute atomic E-state index is 11.3. The van der Waals surface area contributed by atoms with Crippen LogP contribution in [0.4, 0.5) is 0 Å². The van der Waals surface area contributed by atoms with Crippen molar-refractivity contribution in [2.24, 2.45) is 0 Å². The highest BCUT2D eigenvalue weighted by Gasteiger charge is 2.27. The molecule has 4 heteroatoms. The van der Waals surface area contributed by atoms with Gasteiger partial charge in [0.1, 0.15) is 6.04 Å². The van der Waals surface area contributed by atoms with Gasteiger partial charge in [-0.1, -0.05) is 6.92 Å². The Balaban J connectivity index is 2.63. The summed E-state index contributed by atoms with van der Waals surface area (Å²) < 4.78 is 0. The number of carbonyl (C=O) groups excluding carboxylic acids is 2. The molecule has 68 valence electrons. The summed E-state index contributed by atoms with van der Waals surface area (Å²) in [6.07, 6.45) is 0.470. The van der Waals surface area contributed by atoms with E-state index >= 15 is 0 Å². The molecule has 1 N–H and O–H groups in total. The van der Waals surface area contributed by atoms with E-state index in [1.54, 1.807) is 11.8 Å². The third-order valence-corrected chi connectivity index (χ3v) is 2.12.